The molecule has 3 aromatic heterocycles. The Morgan fingerprint density at radius 3 is 2.46 bits per heavy atom. The molecule has 3 N–H and O–H groups in total. The van der Waals surface area contributed by atoms with Crippen LogP contribution in [0.2, 0.25) is 0 Å². The Balaban J connectivity index is 1.38. The topological polar surface area (TPSA) is 116 Å². The molecule has 1 amide bonds. The van der Waals surface area contributed by atoms with Gasteiger partial charge < -0.3 is 30.2 Å². The van der Waals surface area contributed by atoms with Crippen LogP contribution in [0.25, 0.3) is 33.2 Å². The molecule has 2 aliphatic heterocycles. The van der Waals surface area contributed by atoms with Crippen LogP contribution in [-0.2, 0) is 4.74 Å². The van der Waals surface area contributed by atoms with Crippen molar-refractivity contribution in [3.63, 3.8) is 0 Å². The number of piperazine rings is 1. The number of aromatic amines is 1. The lowest BCUT2D eigenvalue weighted by atomic mass is 10.1. The van der Waals surface area contributed by atoms with E-state index >= 15 is 0 Å². The molecule has 10 heteroatoms. The van der Waals surface area contributed by atoms with Crippen molar-refractivity contribution >= 4 is 39.5 Å². The Hall–Kier alpha value is -3.76. The number of carbonyl (C=O) groups excluding carboxylic acids is 1. The van der Waals surface area contributed by atoms with Gasteiger partial charge in [0.2, 0.25) is 5.95 Å². The minimum absolute atomic E-state index is 0.400. The monoisotopic (exact) mass is 472 g/mol. The summed E-state index contributed by atoms with van der Waals surface area (Å²) in [5, 5.41) is 0.941. The van der Waals surface area contributed by atoms with Gasteiger partial charge in [-0.05, 0) is 31.3 Å². The van der Waals surface area contributed by atoms with Gasteiger partial charge in [0, 0.05) is 68.3 Å². The van der Waals surface area contributed by atoms with Crippen LogP contribution in [0, 0.1) is 0 Å². The summed E-state index contributed by atoms with van der Waals surface area (Å²) in [5.74, 6) is 0.203. The van der Waals surface area contributed by atoms with E-state index in [1.54, 1.807) is 18.5 Å². The van der Waals surface area contributed by atoms with Crippen LogP contribution in [0.4, 0.5) is 11.6 Å². The number of hydrogen-bond donors (Lipinski definition) is 2. The normalized spacial score (nSPS) is 17.4. The third-order valence-corrected chi connectivity index (χ3v) is 6.90. The van der Waals surface area contributed by atoms with Crippen molar-refractivity contribution in [1.82, 2.24) is 24.8 Å². The number of carbonyl (C=O) groups is 1. The number of rotatable bonds is 4. The van der Waals surface area contributed by atoms with Gasteiger partial charge in [0.15, 0.2) is 0 Å². The van der Waals surface area contributed by atoms with Gasteiger partial charge >= 0.3 is 0 Å². The standard InChI is InChI=1S/C25H28N8O2/c1-31-4-6-33(7-5-31)25-27-14-16(15-28-25)20-13-19(24(26)34)23-22(29-20)18-3-2-17(12-21(18)30-23)32-8-10-35-11-9-32/h2-3,12-15,30H,4-11H2,1H3,(H2,26,34). The maximum atomic E-state index is 12.4. The molecule has 4 aromatic rings. The molecule has 0 saturated carbocycles. The first-order valence-electron chi connectivity index (χ1n) is 11.9. The van der Waals surface area contributed by atoms with Gasteiger partial charge in [0.1, 0.15) is 0 Å². The first kappa shape index (κ1) is 21.8. The molecule has 10 nitrogen and oxygen atoms in total. The predicted molar refractivity (Wildman–Crippen MR) is 136 cm³/mol. The number of nitrogens with one attached hydrogen (secondary N) is 1. The summed E-state index contributed by atoms with van der Waals surface area (Å²) in [6.07, 6.45) is 3.54. The highest BCUT2D eigenvalue weighted by Crippen LogP contribution is 2.32. The zero-order valence-corrected chi connectivity index (χ0v) is 19.7. The van der Waals surface area contributed by atoms with Crippen LogP contribution in [0.3, 0.4) is 0 Å². The van der Waals surface area contributed by atoms with Gasteiger partial charge in [-0.1, -0.05) is 0 Å². The Morgan fingerprint density at radius 1 is 1.00 bits per heavy atom. The fourth-order valence-electron chi connectivity index (χ4n) is 4.83. The number of amides is 1. The second-order valence-electron chi connectivity index (χ2n) is 9.16. The Labute approximate surface area is 202 Å². The molecule has 2 fully saturated rings. The number of ether oxygens (including phenoxy) is 1. The molecule has 0 bridgehead atoms. The van der Waals surface area contributed by atoms with Gasteiger partial charge in [-0.25, -0.2) is 15.0 Å². The minimum atomic E-state index is -0.506. The average molecular weight is 473 g/mol. The van der Waals surface area contributed by atoms with E-state index in [2.05, 4.69) is 48.8 Å². The summed E-state index contributed by atoms with van der Waals surface area (Å²) in [6, 6.07) is 7.96. The second-order valence-corrected chi connectivity index (χ2v) is 9.16. The number of nitrogens with zero attached hydrogens (tertiary/aromatic N) is 6. The van der Waals surface area contributed by atoms with Crippen LogP contribution in [0.5, 0.6) is 0 Å². The summed E-state index contributed by atoms with van der Waals surface area (Å²) in [7, 11) is 2.12. The van der Waals surface area contributed by atoms with Crippen LogP contribution in [0.15, 0.2) is 36.7 Å². The molecule has 1 aromatic carbocycles. The number of likely N-dealkylation sites (N-methyl/N-ethyl adjacent to an activating group) is 1. The summed E-state index contributed by atoms with van der Waals surface area (Å²) in [6.45, 7) is 6.91. The molecule has 0 unspecified atom stereocenters. The van der Waals surface area contributed by atoms with E-state index in [-0.39, 0.29) is 0 Å². The number of anilines is 2. The maximum absolute atomic E-state index is 12.4. The van der Waals surface area contributed by atoms with E-state index in [4.69, 9.17) is 15.5 Å². The van der Waals surface area contributed by atoms with E-state index in [9.17, 15) is 4.79 Å². The van der Waals surface area contributed by atoms with Gasteiger partial charge in [0.25, 0.3) is 5.91 Å². The van der Waals surface area contributed by atoms with Crippen molar-refractivity contribution in [3.05, 3.63) is 42.2 Å². The van der Waals surface area contributed by atoms with E-state index < -0.39 is 5.91 Å². The predicted octanol–water partition coefficient (Wildman–Crippen LogP) is 1.86. The van der Waals surface area contributed by atoms with Gasteiger partial charge in [-0.2, -0.15) is 0 Å². The van der Waals surface area contributed by atoms with Crippen molar-refractivity contribution in [2.75, 3.05) is 69.3 Å². The molecular formula is C25H28N8O2. The smallest absolute Gasteiger partial charge is 0.250 e. The molecule has 0 atom stereocenters. The number of hydrogen-bond acceptors (Lipinski definition) is 8. The van der Waals surface area contributed by atoms with Crippen LogP contribution in [0.1, 0.15) is 10.4 Å². The number of benzene rings is 1. The first-order valence-corrected chi connectivity index (χ1v) is 11.9. The summed E-state index contributed by atoms with van der Waals surface area (Å²) < 4.78 is 5.47. The fraction of sp³-hybridized carbons (Fsp3) is 0.360. The number of nitrogens with two attached hydrogens (primary N) is 1. The van der Waals surface area contributed by atoms with Gasteiger partial charge in [0.05, 0.1) is 41.0 Å². The van der Waals surface area contributed by atoms with Crippen molar-refractivity contribution < 1.29 is 9.53 Å². The SMILES string of the molecule is CN1CCN(c2ncc(-c3cc(C(N)=O)c4[nH]c5cc(N6CCOCC6)ccc5c4n3)cn2)CC1. The molecule has 2 aliphatic rings. The number of H-pyrrole nitrogens is 1. The minimum Gasteiger partial charge on any atom is -0.378 e. The average Bonchev–Trinajstić information content (AvgIpc) is 3.27. The Kier molecular flexibility index (Phi) is 5.46. The van der Waals surface area contributed by atoms with E-state index in [0.717, 1.165) is 74.6 Å². The van der Waals surface area contributed by atoms with Crippen molar-refractivity contribution in [1.29, 1.82) is 0 Å². The molecule has 180 valence electrons. The third kappa shape index (κ3) is 4.04. The van der Waals surface area contributed by atoms with Crippen molar-refractivity contribution in [3.8, 4) is 11.3 Å². The van der Waals surface area contributed by atoms with Gasteiger partial charge in [-0.15, -0.1) is 0 Å². The zero-order chi connectivity index (χ0) is 23.9. The van der Waals surface area contributed by atoms with Crippen LogP contribution < -0.4 is 15.5 Å². The first-order chi connectivity index (χ1) is 17.1. The molecule has 5 heterocycles. The molecule has 0 aliphatic carbocycles. The lowest BCUT2D eigenvalue weighted by Crippen LogP contribution is -2.45. The molecule has 35 heavy (non-hydrogen) atoms. The molecule has 0 spiro atoms. The Morgan fingerprint density at radius 2 is 1.74 bits per heavy atom. The van der Waals surface area contributed by atoms with E-state index in [1.165, 1.54) is 0 Å². The number of morpholine rings is 1. The van der Waals surface area contributed by atoms with E-state index in [0.29, 0.717) is 28.2 Å². The molecule has 0 radical (unpaired) electrons. The summed E-state index contributed by atoms with van der Waals surface area (Å²) in [4.78, 5) is 36.6. The van der Waals surface area contributed by atoms with Crippen molar-refractivity contribution in [2.45, 2.75) is 0 Å². The molecule has 6 rings (SSSR count). The summed E-state index contributed by atoms with van der Waals surface area (Å²) in [5.41, 5.74) is 10.9. The zero-order valence-electron chi connectivity index (χ0n) is 19.7. The highest BCUT2D eigenvalue weighted by molar-refractivity contribution is 6.14. The lowest BCUT2D eigenvalue weighted by molar-refractivity contribution is 0.100. The molecule has 2 saturated heterocycles. The number of primary amides is 1. The summed E-state index contributed by atoms with van der Waals surface area (Å²) >= 11 is 0. The Bertz CT molecular complexity index is 1390. The fourth-order valence-corrected chi connectivity index (χ4v) is 4.83. The second kappa shape index (κ2) is 8.79. The molecular weight excluding hydrogens is 444 g/mol. The number of fused-ring (bicyclic) bond motifs is 3. The quantitative estimate of drug-likeness (QED) is 0.462. The van der Waals surface area contributed by atoms with E-state index in [1.807, 2.05) is 6.07 Å². The van der Waals surface area contributed by atoms with Gasteiger partial charge in [-0.3, -0.25) is 4.79 Å². The number of aromatic nitrogens is 4. The maximum Gasteiger partial charge on any atom is 0.250 e. The largest absolute Gasteiger partial charge is 0.378 e. The highest BCUT2D eigenvalue weighted by atomic mass is 16.5. The highest BCUT2D eigenvalue weighted by Gasteiger charge is 2.20. The third-order valence-electron chi connectivity index (χ3n) is 6.90. The van der Waals surface area contributed by atoms with Crippen LogP contribution >= 0.6 is 0 Å². The van der Waals surface area contributed by atoms with Crippen molar-refractivity contribution in [2.24, 2.45) is 5.73 Å². The number of pyridine rings is 1. The van der Waals surface area contributed by atoms with Crippen LogP contribution in [-0.4, -0.2) is 90.3 Å². The lowest BCUT2D eigenvalue weighted by Gasteiger charge is -2.32.